The molecular weight excluding hydrogens is 408 g/mol. The van der Waals surface area contributed by atoms with Crippen molar-refractivity contribution in [2.24, 2.45) is 0 Å². The number of hydrogen-bond acceptors (Lipinski definition) is 5. The number of hydrogen-bond donors (Lipinski definition) is 1. The van der Waals surface area contributed by atoms with Crippen LogP contribution in [0.4, 0.5) is 0 Å². The van der Waals surface area contributed by atoms with Crippen LogP contribution in [0, 0.1) is 0 Å². The fourth-order valence-corrected chi connectivity index (χ4v) is 4.22. The zero-order chi connectivity index (χ0) is 21.6. The van der Waals surface area contributed by atoms with Crippen LogP contribution >= 0.6 is 11.8 Å². The van der Waals surface area contributed by atoms with Gasteiger partial charge in [0.1, 0.15) is 11.3 Å². The van der Waals surface area contributed by atoms with Crippen molar-refractivity contribution in [3.8, 4) is 5.75 Å². The first-order valence-electron chi connectivity index (χ1n) is 10.1. The summed E-state index contributed by atoms with van der Waals surface area (Å²) >= 11 is 1.66. The number of rotatable bonds is 8. The lowest BCUT2D eigenvalue weighted by Gasteiger charge is -2.10. The minimum absolute atomic E-state index is 0.0472. The van der Waals surface area contributed by atoms with Crippen LogP contribution in [-0.2, 0) is 12.3 Å². The summed E-state index contributed by atoms with van der Waals surface area (Å²) in [5.41, 5.74) is 4.71. The number of methoxy groups -OCH3 is 1. The van der Waals surface area contributed by atoms with Gasteiger partial charge in [0.2, 0.25) is 0 Å². The molecule has 0 fully saturated rings. The number of carbonyl (C=O) groups excluding carboxylic acids is 1. The molecule has 1 amide bonds. The van der Waals surface area contributed by atoms with Crippen LogP contribution in [0.3, 0.4) is 0 Å². The van der Waals surface area contributed by atoms with E-state index in [-0.39, 0.29) is 5.91 Å². The van der Waals surface area contributed by atoms with Crippen molar-refractivity contribution in [2.75, 3.05) is 13.7 Å². The van der Waals surface area contributed by atoms with Crippen molar-refractivity contribution in [2.45, 2.75) is 24.4 Å². The summed E-state index contributed by atoms with van der Waals surface area (Å²) in [6.45, 7) is 3.21. The Labute approximate surface area is 185 Å². The predicted octanol–water partition coefficient (Wildman–Crippen LogP) is 4.53. The Morgan fingerprint density at radius 2 is 1.81 bits per heavy atom. The molecule has 0 saturated carbocycles. The van der Waals surface area contributed by atoms with Gasteiger partial charge in [-0.2, -0.15) is 0 Å². The average Bonchev–Trinajstić information content (AvgIpc) is 3.16. The van der Waals surface area contributed by atoms with Crippen molar-refractivity contribution in [1.82, 2.24) is 19.9 Å². The van der Waals surface area contributed by atoms with Gasteiger partial charge < -0.3 is 10.1 Å². The largest absolute Gasteiger partial charge is 0.497 e. The van der Waals surface area contributed by atoms with Crippen LogP contribution in [0.2, 0.25) is 0 Å². The molecule has 2 aromatic heterocycles. The molecule has 0 unspecified atom stereocenters. The first-order chi connectivity index (χ1) is 15.2. The second-order valence-corrected chi connectivity index (χ2v) is 7.96. The highest BCUT2D eigenvalue weighted by Crippen LogP contribution is 2.27. The standard InChI is InChI=1S/C24H24N4O2S/c1-3-25-23(29)19-10-6-18(7-11-19)16-31-24-27-21-5-4-14-26-22(21)28(24)15-17-8-12-20(30-2)13-9-17/h4-14H,3,15-16H2,1-2H3,(H,25,29). The summed E-state index contributed by atoms with van der Waals surface area (Å²) in [7, 11) is 1.67. The Hall–Kier alpha value is -3.32. The zero-order valence-corrected chi connectivity index (χ0v) is 18.4. The van der Waals surface area contributed by atoms with Gasteiger partial charge in [0, 0.05) is 24.1 Å². The smallest absolute Gasteiger partial charge is 0.251 e. The lowest BCUT2D eigenvalue weighted by molar-refractivity contribution is 0.0956. The number of aromatic nitrogens is 3. The maximum absolute atomic E-state index is 11.9. The van der Waals surface area contributed by atoms with E-state index in [1.165, 1.54) is 0 Å². The molecule has 2 heterocycles. The van der Waals surface area contributed by atoms with E-state index in [1.807, 2.05) is 55.5 Å². The minimum atomic E-state index is -0.0472. The highest BCUT2D eigenvalue weighted by molar-refractivity contribution is 7.98. The van der Waals surface area contributed by atoms with E-state index in [9.17, 15) is 4.79 Å². The summed E-state index contributed by atoms with van der Waals surface area (Å²) < 4.78 is 7.41. The van der Waals surface area contributed by atoms with Gasteiger partial charge in [-0.05, 0) is 54.4 Å². The first kappa shape index (κ1) is 20.9. The second kappa shape index (κ2) is 9.66. The molecule has 0 radical (unpaired) electrons. The highest BCUT2D eigenvalue weighted by atomic mass is 32.2. The van der Waals surface area contributed by atoms with Gasteiger partial charge in [-0.1, -0.05) is 36.0 Å². The van der Waals surface area contributed by atoms with E-state index < -0.39 is 0 Å². The molecule has 0 bridgehead atoms. The molecule has 0 aliphatic rings. The van der Waals surface area contributed by atoms with E-state index in [1.54, 1.807) is 25.1 Å². The number of carbonyl (C=O) groups is 1. The Balaban J connectivity index is 1.54. The molecule has 0 aliphatic carbocycles. The number of ether oxygens (including phenoxy) is 1. The Kier molecular flexibility index (Phi) is 6.52. The monoisotopic (exact) mass is 432 g/mol. The minimum Gasteiger partial charge on any atom is -0.497 e. The SMILES string of the molecule is CCNC(=O)c1ccc(CSc2nc3cccnc3n2Cc2ccc(OC)cc2)cc1. The molecule has 31 heavy (non-hydrogen) atoms. The van der Waals surface area contributed by atoms with Gasteiger partial charge in [0.15, 0.2) is 10.8 Å². The maximum atomic E-state index is 11.9. The molecule has 158 valence electrons. The number of amides is 1. The third-order valence-electron chi connectivity index (χ3n) is 4.89. The van der Waals surface area contributed by atoms with Gasteiger partial charge in [-0.3, -0.25) is 9.36 Å². The molecule has 0 atom stereocenters. The lowest BCUT2D eigenvalue weighted by atomic mass is 10.1. The molecule has 4 aromatic rings. The molecular formula is C24H24N4O2S. The number of benzene rings is 2. The number of nitrogens with one attached hydrogen (secondary N) is 1. The molecule has 4 rings (SSSR count). The van der Waals surface area contributed by atoms with Crippen LogP contribution in [-0.4, -0.2) is 34.1 Å². The number of imidazole rings is 1. The van der Waals surface area contributed by atoms with E-state index in [0.717, 1.165) is 38.9 Å². The number of pyridine rings is 1. The summed E-state index contributed by atoms with van der Waals surface area (Å²) in [6, 6.07) is 19.6. The van der Waals surface area contributed by atoms with Crippen molar-refractivity contribution >= 4 is 28.8 Å². The van der Waals surface area contributed by atoms with Crippen LogP contribution in [0.1, 0.15) is 28.4 Å². The van der Waals surface area contributed by atoms with Crippen LogP contribution < -0.4 is 10.1 Å². The topological polar surface area (TPSA) is 69.0 Å². The molecule has 0 saturated heterocycles. The van der Waals surface area contributed by atoms with E-state index in [2.05, 4.69) is 27.0 Å². The Bertz CT molecular complexity index is 1170. The number of thioether (sulfide) groups is 1. The van der Waals surface area contributed by atoms with Crippen molar-refractivity contribution in [3.05, 3.63) is 83.6 Å². The van der Waals surface area contributed by atoms with Crippen LogP contribution in [0.25, 0.3) is 11.2 Å². The summed E-state index contributed by atoms with van der Waals surface area (Å²) in [4.78, 5) is 21.3. The Morgan fingerprint density at radius 3 is 2.52 bits per heavy atom. The highest BCUT2D eigenvalue weighted by Gasteiger charge is 2.13. The van der Waals surface area contributed by atoms with Crippen LogP contribution in [0.5, 0.6) is 5.75 Å². The third-order valence-corrected chi connectivity index (χ3v) is 5.94. The predicted molar refractivity (Wildman–Crippen MR) is 124 cm³/mol. The van der Waals surface area contributed by atoms with E-state index in [4.69, 9.17) is 9.72 Å². The molecule has 1 N–H and O–H groups in total. The first-order valence-corrected chi connectivity index (χ1v) is 11.1. The van der Waals surface area contributed by atoms with Gasteiger partial charge in [0.25, 0.3) is 5.91 Å². The van der Waals surface area contributed by atoms with Gasteiger partial charge in [-0.25, -0.2) is 9.97 Å². The summed E-state index contributed by atoms with van der Waals surface area (Å²) in [5.74, 6) is 1.54. The third kappa shape index (κ3) is 4.88. The molecule has 0 aliphatic heterocycles. The molecule has 0 spiro atoms. The zero-order valence-electron chi connectivity index (χ0n) is 17.5. The van der Waals surface area contributed by atoms with Crippen molar-refractivity contribution < 1.29 is 9.53 Å². The molecule has 7 heteroatoms. The van der Waals surface area contributed by atoms with E-state index in [0.29, 0.717) is 18.7 Å². The Morgan fingerprint density at radius 1 is 1.06 bits per heavy atom. The van der Waals surface area contributed by atoms with Crippen LogP contribution in [0.15, 0.2) is 72.0 Å². The second-order valence-electron chi connectivity index (χ2n) is 7.02. The van der Waals surface area contributed by atoms with Gasteiger partial charge in [0.05, 0.1) is 13.7 Å². The summed E-state index contributed by atoms with van der Waals surface area (Å²) in [6.07, 6.45) is 1.79. The number of fused-ring (bicyclic) bond motifs is 1. The molecule has 2 aromatic carbocycles. The number of nitrogens with zero attached hydrogens (tertiary/aromatic N) is 3. The summed E-state index contributed by atoms with van der Waals surface area (Å²) in [5, 5.41) is 3.73. The normalized spacial score (nSPS) is 10.9. The fourth-order valence-electron chi connectivity index (χ4n) is 3.27. The van der Waals surface area contributed by atoms with Gasteiger partial charge >= 0.3 is 0 Å². The average molecular weight is 433 g/mol. The van der Waals surface area contributed by atoms with Crippen molar-refractivity contribution in [1.29, 1.82) is 0 Å². The van der Waals surface area contributed by atoms with Crippen molar-refractivity contribution in [3.63, 3.8) is 0 Å². The van der Waals surface area contributed by atoms with E-state index >= 15 is 0 Å². The van der Waals surface area contributed by atoms with Gasteiger partial charge in [-0.15, -0.1) is 0 Å². The maximum Gasteiger partial charge on any atom is 0.251 e. The quantitative estimate of drug-likeness (QED) is 0.414. The fraction of sp³-hybridized carbons (Fsp3) is 0.208. The lowest BCUT2D eigenvalue weighted by Crippen LogP contribution is -2.22. The molecule has 6 nitrogen and oxygen atoms in total.